The minimum atomic E-state index is -2.93. The Hall–Kier alpha value is -2.05. The normalized spacial score (nSPS) is 23.6. The van der Waals surface area contributed by atoms with Crippen molar-refractivity contribution in [1.82, 2.24) is 9.97 Å². The maximum absolute atomic E-state index is 12.8. The highest BCUT2D eigenvalue weighted by molar-refractivity contribution is 5.75. The zero-order chi connectivity index (χ0) is 17.6. The lowest BCUT2D eigenvalue weighted by Gasteiger charge is -2.08. The van der Waals surface area contributed by atoms with Crippen molar-refractivity contribution in [2.75, 3.05) is 0 Å². The highest BCUT2D eigenvalue weighted by atomic mass is 19.3. The minimum Gasteiger partial charge on any atom is -0.403 e. The van der Waals surface area contributed by atoms with Crippen LogP contribution in [-0.4, -0.2) is 9.97 Å². The number of halogens is 2. The summed E-state index contributed by atoms with van der Waals surface area (Å²) in [6, 6.07) is 1.29. The first kappa shape index (κ1) is 16.4. The number of nitrogens with one attached hydrogen (secondary N) is 1. The zero-order valence-electron chi connectivity index (χ0n) is 13.8. The summed E-state index contributed by atoms with van der Waals surface area (Å²) < 4.78 is 30.4. The Kier molecular flexibility index (Phi) is 4.17. The van der Waals surface area contributed by atoms with Gasteiger partial charge in [0, 0.05) is 6.07 Å². The van der Waals surface area contributed by atoms with E-state index in [1.807, 2.05) is 0 Å². The molecule has 2 aromatic rings. The van der Waals surface area contributed by atoms with Crippen LogP contribution in [0, 0.1) is 17.8 Å². The number of nitrogens with zero attached hydrogens (tertiary/aromatic N) is 1. The molecule has 2 heterocycles. The highest BCUT2D eigenvalue weighted by Gasteiger charge is 2.42. The molecule has 2 fully saturated rings. The Morgan fingerprint density at radius 1 is 1.28 bits per heavy atom. The van der Waals surface area contributed by atoms with Crippen molar-refractivity contribution in [2.24, 2.45) is 17.8 Å². The quantitative estimate of drug-likeness (QED) is 0.894. The van der Waals surface area contributed by atoms with Crippen molar-refractivity contribution in [3.05, 3.63) is 38.2 Å². The van der Waals surface area contributed by atoms with Crippen molar-refractivity contribution < 1.29 is 13.2 Å². The smallest absolute Gasteiger partial charge is 0.337 e. The van der Waals surface area contributed by atoms with Crippen molar-refractivity contribution >= 4 is 11.1 Å². The van der Waals surface area contributed by atoms with Gasteiger partial charge in [-0.2, -0.15) is 4.98 Å². The van der Waals surface area contributed by atoms with Crippen LogP contribution < -0.4 is 11.2 Å². The van der Waals surface area contributed by atoms with Gasteiger partial charge in [0.1, 0.15) is 5.39 Å². The molecule has 2 aliphatic rings. The molecule has 4 rings (SSSR count). The first-order valence-electron chi connectivity index (χ1n) is 8.88. The molecule has 2 saturated carbocycles. The molecule has 0 aromatic carbocycles. The number of fused-ring (bicyclic) bond motifs is 1. The summed E-state index contributed by atoms with van der Waals surface area (Å²) in [6.45, 7) is 0. The summed E-state index contributed by atoms with van der Waals surface area (Å²) in [5.74, 6) is 1.47. The second kappa shape index (κ2) is 6.35. The average molecular weight is 350 g/mol. The van der Waals surface area contributed by atoms with Gasteiger partial charge < -0.3 is 9.40 Å². The van der Waals surface area contributed by atoms with Crippen LogP contribution in [0.3, 0.4) is 0 Å². The first-order valence-corrected chi connectivity index (χ1v) is 8.88. The van der Waals surface area contributed by atoms with E-state index in [1.54, 1.807) is 0 Å². The van der Waals surface area contributed by atoms with E-state index < -0.39 is 23.4 Å². The summed E-state index contributed by atoms with van der Waals surface area (Å²) in [5, 5.41) is 0.113. The predicted molar refractivity (Wildman–Crippen MR) is 87.7 cm³/mol. The topological polar surface area (TPSA) is 76.0 Å². The average Bonchev–Trinajstić information content (AvgIpc) is 3.12. The molecule has 1 N–H and O–H groups in total. The number of aromatic nitrogens is 2. The molecule has 2 unspecified atom stereocenters. The lowest BCUT2D eigenvalue weighted by Crippen LogP contribution is -2.16. The molecule has 0 radical (unpaired) electrons. The molecule has 25 heavy (non-hydrogen) atoms. The Balaban J connectivity index is 1.57. The van der Waals surface area contributed by atoms with Crippen LogP contribution in [0.15, 0.2) is 20.1 Å². The molecule has 7 heteroatoms. The number of rotatable bonds is 5. The maximum atomic E-state index is 12.8. The van der Waals surface area contributed by atoms with Crippen LogP contribution in [0.2, 0.25) is 0 Å². The van der Waals surface area contributed by atoms with Crippen LogP contribution in [-0.2, 0) is 6.42 Å². The molecule has 2 aromatic heterocycles. The van der Waals surface area contributed by atoms with Crippen molar-refractivity contribution in [2.45, 2.75) is 51.4 Å². The second-order valence-corrected chi connectivity index (χ2v) is 7.27. The van der Waals surface area contributed by atoms with E-state index in [0.717, 1.165) is 18.3 Å². The van der Waals surface area contributed by atoms with E-state index in [0.29, 0.717) is 17.9 Å². The third-order valence-corrected chi connectivity index (χ3v) is 5.69. The Bertz CT molecular complexity index is 899. The minimum absolute atomic E-state index is 0.113. The van der Waals surface area contributed by atoms with Gasteiger partial charge in [-0.05, 0) is 42.6 Å². The summed E-state index contributed by atoms with van der Waals surface area (Å²) in [5.41, 5.74) is -1.10. The standard InChI is InChI=1S/C18H20F2N2O3/c19-15(20)16-21-17(24)14-11(8-13(23)25-18(14)22-16)6-5-10-7-12(10)9-3-1-2-4-9/h8-10,12,15H,1-7H2,(H,21,22,24). The molecule has 134 valence electrons. The van der Waals surface area contributed by atoms with Gasteiger partial charge >= 0.3 is 5.63 Å². The van der Waals surface area contributed by atoms with Gasteiger partial charge in [0.15, 0.2) is 5.82 Å². The first-order chi connectivity index (χ1) is 12.0. The molecule has 0 saturated heterocycles. The van der Waals surface area contributed by atoms with Crippen molar-refractivity contribution in [3.63, 3.8) is 0 Å². The zero-order valence-corrected chi connectivity index (χ0v) is 13.8. The van der Waals surface area contributed by atoms with Crippen LogP contribution in [0.1, 0.15) is 56.3 Å². The van der Waals surface area contributed by atoms with E-state index in [2.05, 4.69) is 9.97 Å². The molecule has 5 nitrogen and oxygen atoms in total. The number of hydrogen-bond donors (Lipinski definition) is 1. The summed E-state index contributed by atoms with van der Waals surface area (Å²) in [6.07, 6.45) is 5.04. The number of aromatic amines is 1. The lowest BCUT2D eigenvalue weighted by molar-refractivity contribution is 0.140. The van der Waals surface area contributed by atoms with E-state index >= 15 is 0 Å². The van der Waals surface area contributed by atoms with E-state index in [4.69, 9.17) is 4.42 Å². The number of H-pyrrole nitrogens is 1. The van der Waals surface area contributed by atoms with Crippen LogP contribution in [0.4, 0.5) is 8.78 Å². The monoisotopic (exact) mass is 350 g/mol. The molecule has 0 bridgehead atoms. The van der Waals surface area contributed by atoms with Gasteiger partial charge in [-0.15, -0.1) is 0 Å². The van der Waals surface area contributed by atoms with Gasteiger partial charge in [-0.25, -0.2) is 13.6 Å². The molecule has 0 aliphatic heterocycles. The molecule has 2 atom stereocenters. The van der Waals surface area contributed by atoms with Crippen molar-refractivity contribution in [3.8, 4) is 0 Å². The van der Waals surface area contributed by atoms with Gasteiger partial charge in [0.05, 0.1) is 0 Å². The third kappa shape index (κ3) is 3.24. The SMILES string of the molecule is O=c1cc(CCC2CC2C2CCCC2)c2c(=O)[nH]c(C(F)F)nc2o1. The fourth-order valence-corrected chi connectivity index (χ4v) is 4.37. The number of hydrogen-bond acceptors (Lipinski definition) is 4. The third-order valence-electron chi connectivity index (χ3n) is 5.69. The summed E-state index contributed by atoms with van der Waals surface area (Å²) in [7, 11) is 0. The molecular weight excluding hydrogens is 330 g/mol. The number of aryl methyl sites for hydroxylation is 1. The fraction of sp³-hybridized carbons (Fsp3) is 0.611. The molecular formula is C18H20F2N2O3. The summed E-state index contributed by atoms with van der Waals surface area (Å²) in [4.78, 5) is 29.6. The molecule has 2 aliphatic carbocycles. The van der Waals surface area contributed by atoms with Crippen molar-refractivity contribution in [1.29, 1.82) is 0 Å². The van der Waals surface area contributed by atoms with Crippen LogP contribution in [0.5, 0.6) is 0 Å². The van der Waals surface area contributed by atoms with Gasteiger partial charge in [-0.1, -0.05) is 25.7 Å². The van der Waals surface area contributed by atoms with E-state index in [9.17, 15) is 18.4 Å². The number of alkyl halides is 2. The molecule has 0 spiro atoms. The van der Waals surface area contributed by atoms with Gasteiger partial charge in [0.25, 0.3) is 12.0 Å². The fourth-order valence-electron chi connectivity index (χ4n) is 4.37. The highest BCUT2D eigenvalue weighted by Crippen LogP contribution is 2.52. The Labute approximate surface area is 142 Å². The predicted octanol–water partition coefficient (Wildman–Crippen LogP) is 3.57. The van der Waals surface area contributed by atoms with Crippen LogP contribution in [0.25, 0.3) is 11.1 Å². The van der Waals surface area contributed by atoms with Crippen LogP contribution >= 0.6 is 0 Å². The van der Waals surface area contributed by atoms with E-state index in [1.165, 1.54) is 38.2 Å². The Morgan fingerprint density at radius 3 is 2.76 bits per heavy atom. The molecule has 0 amide bonds. The van der Waals surface area contributed by atoms with Gasteiger partial charge in [-0.3, -0.25) is 4.79 Å². The second-order valence-electron chi connectivity index (χ2n) is 7.27. The maximum Gasteiger partial charge on any atom is 0.337 e. The van der Waals surface area contributed by atoms with Gasteiger partial charge in [0.2, 0.25) is 5.71 Å². The summed E-state index contributed by atoms with van der Waals surface area (Å²) >= 11 is 0. The Morgan fingerprint density at radius 2 is 2.04 bits per heavy atom. The lowest BCUT2D eigenvalue weighted by atomic mass is 9.98. The largest absolute Gasteiger partial charge is 0.403 e. The van der Waals surface area contributed by atoms with E-state index in [-0.39, 0.29) is 11.1 Å².